The number of hydrogen-bond donors (Lipinski definition) is 0. The summed E-state index contributed by atoms with van der Waals surface area (Å²) in [6.07, 6.45) is -5.41. The van der Waals surface area contributed by atoms with Crippen LogP contribution in [0.15, 0.2) is 0 Å². The van der Waals surface area contributed by atoms with Crippen molar-refractivity contribution in [2.75, 3.05) is 19.8 Å². The molecule has 0 heterocycles. The minimum absolute atomic E-state index is 0.202. The van der Waals surface area contributed by atoms with Gasteiger partial charge in [-0.15, -0.1) is 0 Å². The van der Waals surface area contributed by atoms with Crippen LogP contribution in [0.25, 0.3) is 0 Å². The van der Waals surface area contributed by atoms with Crippen LogP contribution >= 0.6 is 0 Å². The summed E-state index contributed by atoms with van der Waals surface area (Å²) >= 11 is 0. The maximum atomic E-state index is 11.7. The quantitative estimate of drug-likeness (QED) is 0.318. The second-order valence-electron chi connectivity index (χ2n) is 5.91. The molecule has 0 fully saturated rings. The van der Waals surface area contributed by atoms with Crippen LogP contribution < -0.4 is 0 Å². The molecule has 29 heavy (non-hydrogen) atoms. The van der Waals surface area contributed by atoms with E-state index in [1.54, 1.807) is 6.92 Å². The maximum Gasteiger partial charge on any atom is 0.303 e. The normalized spacial score (nSPS) is 14.6. The molecule has 0 bridgehead atoms. The summed E-state index contributed by atoms with van der Waals surface area (Å²) in [5.74, 6) is -3.74. The van der Waals surface area contributed by atoms with E-state index < -0.39 is 60.9 Å². The number of hydrogen-bond acceptors (Lipinski definition) is 11. The Hall–Kier alpha value is -2.69. The summed E-state index contributed by atoms with van der Waals surface area (Å²) in [5.41, 5.74) is 0. The summed E-state index contributed by atoms with van der Waals surface area (Å²) in [6.45, 7) is 6.78. The van der Waals surface area contributed by atoms with Gasteiger partial charge in [0.1, 0.15) is 6.61 Å². The third-order valence-corrected chi connectivity index (χ3v) is 3.23. The van der Waals surface area contributed by atoms with Gasteiger partial charge < -0.3 is 28.4 Å². The Labute approximate surface area is 168 Å². The Morgan fingerprint density at radius 1 is 0.586 bits per heavy atom. The molecule has 4 atom stereocenters. The molecule has 11 heteroatoms. The lowest BCUT2D eigenvalue weighted by Crippen LogP contribution is -2.54. The first kappa shape index (κ1) is 26.3. The Balaban J connectivity index is 6.10. The van der Waals surface area contributed by atoms with Crippen molar-refractivity contribution in [2.45, 2.75) is 66.0 Å². The maximum absolute atomic E-state index is 11.7. The first-order valence-corrected chi connectivity index (χ1v) is 8.87. The van der Waals surface area contributed by atoms with Crippen LogP contribution in [0.3, 0.4) is 0 Å². The molecule has 0 aliphatic rings. The van der Waals surface area contributed by atoms with Gasteiger partial charge in [-0.2, -0.15) is 0 Å². The number of rotatable bonds is 12. The Bertz CT molecular complexity index is 586. The summed E-state index contributed by atoms with van der Waals surface area (Å²) in [7, 11) is 0. The Morgan fingerprint density at radius 3 is 1.28 bits per heavy atom. The molecule has 0 aliphatic heterocycles. The lowest BCUT2D eigenvalue weighted by Gasteiger charge is -2.35. The summed E-state index contributed by atoms with van der Waals surface area (Å²) in [5, 5.41) is 0. The fourth-order valence-electron chi connectivity index (χ4n) is 2.34. The highest BCUT2D eigenvalue weighted by Gasteiger charge is 2.44. The molecule has 0 saturated carbocycles. The van der Waals surface area contributed by atoms with Crippen LogP contribution in [0.4, 0.5) is 0 Å². The van der Waals surface area contributed by atoms with Crippen LogP contribution in [-0.4, -0.2) is 74.1 Å². The fraction of sp³-hybridized carbons (Fsp3) is 0.722. The predicted molar refractivity (Wildman–Crippen MR) is 95.3 cm³/mol. The second-order valence-corrected chi connectivity index (χ2v) is 5.91. The van der Waals surface area contributed by atoms with Crippen molar-refractivity contribution in [2.24, 2.45) is 0 Å². The molecule has 0 rings (SSSR count). The molecule has 11 nitrogen and oxygen atoms in total. The molecular weight excluding hydrogens is 392 g/mol. The lowest BCUT2D eigenvalue weighted by molar-refractivity contribution is -0.206. The van der Waals surface area contributed by atoms with Crippen LogP contribution in [-0.2, 0) is 52.4 Å². The van der Waals surface area contributed by atoms with Gasteiger partial charge in [-0.25, -0.2) is 0 Å². The zero-order valence-electron chi connectivity index (χ0n) is 17.4. The second kappa shape index (κ2) is 13.5. The van der Waals surface area contributed by atoms with Gasteiger partial charge in [-0.1, -0.05) is 0 Å². The van der Waals surface area contributed by atoms with Crippen LogP contribution in [0.1, 0.15) is 41.5 Å². The zero-order chi connectivity index (χ0) is 22.6. The number of ether oxygens (including phenoxy) is 6. The Kier molecular flexibility index (Phi) is 12.2. The van der Waals surface area contributed by atoms with Crippen LogP contribution in [0.2, 0.25) is 0 Å². The molecule has 0 aliphatic carbocycles. The van der Waals surface area contributed by atoms with Gasteiger partial charge in [0, 0.05) is 41.2 Å². The summed E-state index contributed by atoms with van der Waals surface area (Å²) < 4.78 is 30.9. The highest BCUT2D eigenvalue weighted by atomic mass is 16.6. The van der Waals surface area contributed by atoms with Crippen molar-refractivity contribution in [1.82, 2.24) is 0 Å². The van der Waals surface area contributed by atoms with E-state index in [2.05, 4.69) is 0 Å². The van der Waals surface area contributed by atoms with E-state index in [4.69, 9.17) is 28.4 Å². The Morgan fingerprint density at radius 2 is 0.966 bits per heavy atom. The molecule has 0 aromatic rings. The average molecular weight is 420 g/mol. The molecule has 0 N–H and O–H groups in total. The zero-order valence-corrected chi connectivity index (χ0v) is 17.4. The summed E-state index contributed by atoms with van der Waals surface area (Å²) in [4.78, 5) is 57.6. The highest BCUT2D eigenvalue weighted by molar-refractivity contribution is 5.69. The van der Waals surface area contributed by atoms with Gasteiger partial charge in [0.15, 0.2) is 24.4 Å². The first-order chi connectivity index (χ1) is 13.5. The molecule has 166 valence electrons. The minimum atomic E-state index is -1.45. The van der Waals surface area contributed by atoms with E-state index in [1.165, 1.54) is 0 Å². The topological polar surface area (TPSA) is 141 Å². The SMILES string of the molecule is CCOCC(OC(C)=O)C(OC(C)=O)C(OC(C)=O)C(COC(C)=O)OC(C)=O. The van der Waals surface area contributed by atoms with Gasteiger partial charge in [0.05, 0.1) is 6.61 Å². The third kappa shape index (κ3) is 11.7. The highest BCUT2D eigenvalue weighted by Crippen LogP contribution is 2.20. The predicted octanol–water partition coefficient (Wildman–Crippen LogP) is 0.313. The standard InChI is InChI=1S/C18H28O11/c1-7-24-8-15(26-11(3)20)17(28-13(5)22)18(29-14(6)23)16(27-12(4)21)9-25-10(2)19/h15-18H,7-9H2,1-6H3. The lowest BCUT2D eigenvalue weighted by atomic mass is 10.0. The molecule has 0 saturated heterocycles. The largest absolute Gasteiger partial charge is 0.462 e. The first-order valence-electron chi connectivity index (χ1n) is 8.87. The van der Waals surface area contributed by atoms with E-state index in [0.717, 1.165) is 34.6 Å². The van der Waals surface area contributed by atoms with Crippen molar-refractivity contribution < 1.29 is 52.4 Å². The molecule has 0 amide bonds. The third-order valence-electron chi connectivity index (χ3n) is 3.23. The van der Waals surface area contributed by atoms with Gasteiger partial charge in [-0.05, 0) is 6.92 Å². The number of carbonyl (C=O) groups excluding carboxylic acids is 5. The van der Waals surface area contributed by atoms with Crippen molar-refractivity contribution in [3.8, 4) is 0 Å². The van der Waals surface area contributed by atoms with Gasteiger partial charge in [0.2, 0.25) is 0 Å². The van der Waals surface area contributed by atoms with E-state index >= 15 is 0 Å². The van der Waals surface area contributed by atoms with Crippen LogP contribution in [0, 0.1) is 0 Å². The fourth-order valence-corrected chi connectivity index (χ4v) is 2.34. The van der Waals surface area contributed by atoms with Crippen LogP contribution in [0.5, 0.6) is 0 Å². The number of esters is 5. The number of carbonyl (C=O) groups is 5. The van der Waals surface area contributed by atoms with Gasteiger partial charge in [0.25, 0.3) is 0 Å². The van der Waals surface area contributed by atoms with E-state index in [0.29, 0.717) is 0 Å². The van der Waals surface area contributed by atoms with E-state index in [-0.39, 0.29) is 13.2 Å². The molecule has 0 spiro atoms. The molecule has 0 aromatic carbocycles. The van der Waals surface area contributed by atoms with Gasteiger partial charge >= 0.3 is 29.8 Å². The molecular formula is C18H28O11. The molecule has 4 unspecified atom stereocenters. The van der Waals surface area contributed by atoms with E-state index in [1.807, 2.05) is 0 Å². The average Bonchev–Trinajstić information content (AvgIpc) is 2.57. The van der Waals surface area contributed by atoms with Crippen molar-refractivity contribution >= 4 is 29.8 Å². The molecule has 0 radical (unpaired) electrons. The molecule has 0 aromatic heterocycles. The van der Waals surface area contributed by atoms with Crippen molar-refractivity contribution in [1.29, 1.82) is 0 Å². The minimum Gasteiger partial charge on any atom is -0.462 e. The smallest absolute Gasteiger partial charge is 0.303 e. The summed E-state index contributed by atoms with van der Waals surface area (Å²) in [6, 6.07) is 0. The van der Waals surface area contributed by atoms with Crippen molar-refractivity contribution in [3.63, 3.8) is 0 Å². The van der Waals surface area contributed by atoms with E-state index in [9.17, 15) is 24.0 Å². The monoisotopic (exact) mass is 420 g/mol. The van der Waals surface area contributed by atoms with Gasteiger partial charge in [-0.3, -0.25) is 24.0 Å². The van der Waals surface area contributed by atoms with Crippen molar-refractivity contribution in [3.05, 3.63) is 0 Å².